The van der Waals surface area contributed by atoms with Crippen LogP contribution in [0.2, 0.25) is 0 Å². The molecule has 0 fully saturated rings. The Hall–Kier alpha value is -2.58. The molecule has 0 amide bonds. The van der Waals surface area contributed by atoms with Crippen molar-refractivity contribution in [3.63, 3.8) is 0 Å². The largest absolute Gasteiger partial charge is 0.337 e. The van der Waals surface area contributed by atoms with Crippen LogP contribution in [-0.4, -0.2) is 23.5 Å². The van der Waals surface area contributed by atoms with E-state index in [-0.39, 0.29) is 10.8 Å². The van der Waals surface area contributed by atoms with Crippen LogP contribution in [0.3, 0.4) is 0 Å². The molecule has 2 heterocycles. The topological polar surface area (TPSA) is 98.0 Å². The average molecular weight is 358 g/mol. The quantitative estimate of drug-likeness (QED) is 0.753. The molecule has 0 aliphatic heterocycles. The standard InChI is InChI=1S/C17H18N4O3S/c1-11-6-8-14(9-7-11)25(22,23)21-13(3)17-19-16(20-24-17)15-12(2)5-4-10-18-15/h4-10,13,21H,1-3H3. The van der Waals surface area contributed by atoms with Crippen LogP contribution in [0.4, 0.5) is 0 Å². The summed E-state index contributed by atoms with van der Waals surface area (Å²) in [7, 11) is -3.68. The van der Waals surface area contributed by atoms with E-state index in [9.17, 15) is 8.42 Å². The summed E-state index contributed by atoms with van der Waals surface area (Å²) in [5.41, 5.74) is 2.49. The molecule has 1 atom stereocenters. The Kier molecular flexibility index (Phi) is 4.65. The number of nitrogens with one attached hydrogen (secondary N) is 1. The maximum absolute atomic E-state index is 12.4. The fraction of sp³-hybridized carbons (Fsp3) is 0.235. The summed E-state index contributed by atoms with van der Waals surface area (Å²) in [6.45, 7) is 5.43. The number of sulfonamides is 1. The third-order valence-electron chi connectivity index (χ3n) is 3.70. The summed E-state index contributed by atoms with van der Waals surface area (Å²) in [5.74, 6) is 0.505. The molecule has 0 bridgehead atoms. The molecule has 0 radical (unpaired) electrons. The van der Waals surface area contributed by atoms with Gasteiger partial charge in [-0.15, -0.1) is 0 Å². The highest BCUT2D eigenvalue weighted by Crippen LogP contribution is 2.21. The maximum atomic E-state index is 12.4. The molecule has 0 saturated heterocycles. The van der Waals surface area contributed by atoms with Crippen LogP contribution in [0, 0.1) is 13.8 Å². The van der Waals surface area contributed by atoms with Gasteiger partial charge in [-0.3, -0.25) is 4.98 Å². The number of nitrogens with zero attached hydrogens (tertiary/aromatic N) is 3. The van der Waals surface area contributed by atoms with Gasteiger partial charge in [0.25, 0.3) is 0 Å². The van der Waals surface area contributed by atoms with Crippen LogP contribution < -0.4 is 4.72 Å². The molecule has 1 unspecified atom stereocenters. The van der Waals surface area contributed by atoms with Crippen molar-refractivity contribution in [1.29, 1.82) is 0 Å². The van der Waals surface area contributed by atoms with Gasteiger partial charge < -0.3 is 4.52 Å². The van der Waals surface area contributed by atoms with Crippen molar-refractivity contribution in [2.75, 3.05) is 0 Å². The Labute approximate surface area is 146 Å². The molecule has 2 aromatic heterocycles. The lowest BCUT2D eigenvalue weighted by atomic mass is 10.2. The lowest BCUT2D eigenvalue weighted by Gasteiger charge is -2.10. The molecular formula is C17H18N4O3S. The third kappa shape index (κ3) is 3.75. The van der Waals surface area contributed by atoms with Gasteiger partial charge >= 0.3 is 0 Å². The van der Waals surface area contributed by atoms with E-state index in [1.807, 2.05) is 26.0 Å². The number of rotatable bonds is 5. The van der Waals surface area contributed by atoms with Gasteiger partial charge in [0.15, 0.2) is 0 Å². The molecule has 0 aliphatic rings. The molecule has 0 aliphatic carbocycles. The molecular weight excluding hydrogens is 340 g/mol. The van der Waals surface area contributed by atoms with Crippen molar-refractivity contribution >= 4 is 10.0 Å². The highest BCUT2D eigenvalue weighted by Gasteiger charge is 2.23. The second-order valence-electron chi connectivity index (χ2n) is 5.78. The first-order chi connectivity index (χ1) is 11.9. The molecule has 25 heavy (non-hydrogen) atoms. The highest BCUT2D eigenvalue weighted by atomic mass is 32.2. The Balaban J connectivity index is 1.81. The maximum Gasteiger partial charge on any atom is 0.244 e. The molecule has 3 aromatic rings. The van der Waals surface area contributed by atoms with Crippen molar-refractivity contribution in [3.05, 3.63) is 59.6 Å². The van der Waals surface area contributed by atoms with E-state index in [1.54, 1.807) is 37.4 Å². The van der Waals surface area contributed by atoms with E-state index in [2.05, 4.69) is 19.8 Å². The fourth-order valence-corrected chi connectivity index (χ4v) is 3.49. The number of aromatic nitrogens is 3. The first-order valence-electron chi connectivity index (χ1n) is 7.71. The second-order valence-corrected chi connectivity index (χ2v) is 7.50. The summed E-state index contributed by atoms with van der Waals surface area (Å²) in [6.07, 6.45) is 1.64. The summed E-state index contributed by atoms with van der Waals surface area (Å²) < 4.78 is 32.6. The number of pyridine rings is 1. The summed E-state index contributed by atoms with van der Waals surface area (Å²) in [4.78, 5) is 8.68. The minimum atomic E-state index is -3.68. The lowest BCUT2D eigenvalue weighted by molar-refractivity contribution is 0.353. The Bertz CT molecular complexity index is 981. The molecule has 3 rings (SSSR count). The van der Waals surface area contributed by atoms with Crippen molar-refractivity contribution in [2.24, 2.45) is 0 Å². The Morgan fingerprint density at radius 3 is 2.52 bits per heavy atom. The zero-order chi connectivity index (χ0) is 18.0. The van der Waals surface area contributed by atoms with Crippen molar-refractivity contribution in [2.45, 2.75) is 31.7 Å². The normalized spacial score (nSPS) is 12.9. The lowest BCUT2D eigenvalue weighted by Crippen LogP contribution is -2.27. The van der Waals surface area contributed by atoms with Crippen LogP contribution in [0.15, 0.2) is 52.0 Å². The molecule has 8 heteroatoms. The van der Waals surface area contributed by atoms with Crippen molar-refractivity contribution < 1.29 is 12.9 Å². The van der Waals surface area contributed by atoms with Gasteiger partial charge in [0.2, 0.25) is 21.7 Å². The summed E-state index contributed by atoms with van der Waals surface area (Å²) in [5, 5.41) is 3.90. The summed E-state index contributed by atoms with van der Waals surface area (Å²) in [6, 6.07) is 9.64. The van der Waals surface area contributed by atoms with Crippen molar-refractivity contribution in [3.8, 4) is 11.5 Å². The third-order valence-corrected chi connectivity index (χ3v) is 5.25. The fourth-order valence-electron chi connectivity index (χ4n) is 2.30. The minimum Gasteiger partial charge on any atom is -0.337 e. The van der Waals surface area contributed by atoms with Crippen LogP contribution in [0.5, 0.6) is 0 Å². The Morgan fingerprint density at radius 1 is 1.12 bits per heavy atom. The molecule has 1 aromatic carbocycles. The monoisotopic (exact) mass is 358 g/mol. The van der Waals surface area contributed by atoms with Gasteiger partial charge in [0.05, 0.1) is 10.9 Å². The van der Waals surface area contributed by atoms with Crippen LogP contribution >= 0.6 is 0 Å². The van der Waals surface area contributed by atoms with Crippen molar-refractivity contribution in [1.82, 2.24) is 19.8 Å². The van der Waals surface area contributed by atoms with E-state index < -0.39 is 16.1 Å². The zero-order valence-corrected chi connectivity index (χ0v) is 14.9. The van der Waals surface area contributed by atoms with E-state index in [0.717, 1.165) is 11.1 Å². The molecule has 1 N–H and O–H groups in total. The first kappa shape index (κ1) is 17.2. The van der Waals surface area contributed by atoms with Gasteiger partial charge in [-0.05, 0) is 44.5 Å². The first-order valence-corrected chi connectivity index (χ1v) is 9.20. The molecule has 130 valence electrons. The zero-order valence-electron chi connectivity index (χ0n) is 14.1. The average Bonchev–Trinajstić information content (AvgIpc) is 3.05. The molecule has 0 spiro atoms. The number of hydrogen-bond donors (Lipinski definition) is 1. The van der Waals surface area contributed by atoms with Crippen LogP contribution in [-0.2, 0) is 10.0 Å². The smallest absolute Gasteiger partial charge is 0.244 e. The Morgan fingerprint density at radius 2 is 1.84 bits per heavy atom. The highest BCUT2D eigenvalue weighted by molar-refractivity contribution is 7.89. The van der Waals surface area contributed by atoms with Gasteiger partial charge in [-0.25, -0.2) is 8.42 Å². The molecule has 0 saturated carbocycles. The van der Waals surface area contributed by atoms with Gasteiger partial charge in [-0.2, -0.15) is 9.71 Å². The second kappa shape index (κ2) is 6.73. The van der Waals surface area contributed by atoms with E-state index in [1.165, 1.54) is 0 Å². The van der Waals surface area contributed by atoms with Crippen LogP contribution in [0.1, 0.15) is 30.0 Å². The van der Waals surface area contributed by atoms with E-state index in [0.29, 0.717) is 11.5 Å². The predicted molar refractivity (Wildman–Crippen MR) is 92.2 cm³/mol. The number of benzene rings is 1. The number of aryl methyl sites for hydroxylation is 2. The predicted octanol–water partition coefficient (Wildman–Crippen LogP) is 2.79. The number of hydrogen-bond acceptors (Lipinski definition) is 6. The summed E-state index contributed by atoms with van der Waals surface area (Å²) >= 11 is 0. The van der Waals surface area contributed by atoms with Gasteiger partial charge in [0, 0.05) is 6.20 Å². The van der Waals surface area contributed by atoms with E-state index in [4.69, 9.17) is 4.52 Å². The van der Waals surface area contributed by atoms with E-state index >= 15 is 0 Å². The van der Waals surface area contributed by atoms with Gasteiger partial charge in [0.1, 0.15) is 5.69 Å². The molecule has 7 nitrogen and oxygen atoms in total. The van der Waals surface area contributed by atoms with Crippen LogP contribution in [0.25, 0.3) is 11.5 Å². The van der Waals surface area contributed by atoms with Gasteiger partial charge in [-0.1, -0.05) is 28.9 Å². The SMILES string of the molecule is Cc1ccc(S(=O)(=O)NC(C)c2nc(-c3ncccc3C)no2)cc1. The minimum absolute atomic E-state index is 0.177.